The molecule has 0 fully saturated rings. The highest BCUT2D eigenvalue weighted by atomic mass is 16.5. The first-order valence-corrected chi connectivity index (χ1v) is 11.7. The Morgan fingerprint density at radius 2 is 1.06 bits per heavy atom. The monoisotopic (exact) mass is 443 g/mol. The van der Waals surface area contributed by atoms with Crippen molar-refractivity contribution in [1.29, 1.82) is 0 Å². The van der Waals surface area contributed by atoms with Crippen molar-refractivity contribution < 1.29 is 18.9 Å². The van der Waals surface area contributed by atoms with Gasteiger partial charge >= 0.3 is 0 Å². The summed E-state index contributed by atoms with van der Waals surface area (Å²) in [6, 6.07) is 13.0. The van der Waals surface area contributed by atoms with Gasteiger partial charge in [0.25, 0.3) is 0 Å². The first-order chi connectivity index (χ1) is 15.5. The minimum atomic E-state index is 0.561. The highest BCUT2D eigenvalue weighted by molar-refractivity contribution is 5.43. The number of benzene rings is 2. The Kier molecular flexibility index (Phi) is 11.2. The van der Waals surface area contributed by atoms with Crippen molar-refractivity contribution in [1.82, 2.24) is 4.90 Å². The molecule has 0 atom stereocenters. The van der Waals surface area contributed by atoms with E-state index >= 15 is 0 Å². The van der Waals surface area contributed by atoms with E-state index in [1.807, 2.05) is 12.1 Å². The van der Waals surface area contributed by atoms with Crippen molar-refractivity contribution in [3.8, 4) is 23.0 Å². The lowest BCUT2D eigenvalue weighted by Crippen LogP contribution is -2.33. The van der Waals surface area contributed by atoms with Gasteiger partial charge in [0.2, 0.25) is 0 Å². The molecule has 2 aromatic rings. The van der Waals surface area contributed by atoms with Crippen LogP contribution >= 0.6 is 0 Å². The average molecular weight is 444 g/mol. The highest BCUT2D eigenvalue weighted by Crippen LogP contribution is 2.29. The molecule has 0 unspecified atom stereocenters. The molecule has 5 heteroatoms. The smallest absolute Gasteiger partial charge is 0.160 e. The highest BCUT2D eigenvalue weighted by Gasteiger charge is 2.10. The zero-order valence-corrected chi connectivity index (χ0v) is 20.8. The summed E-state index contributed by atoms with van der Waals surface area (Å²) in [5.74, 6) is 3.19. The van der Waals surface area contributed by atoms with Gasteiger partial charge in [0.05, 0.1) is 28.4 Å². The Labute approximate surface area is 194 Å². The molecular formula is C27H41NO4. The van der Waals surface area contributed by atoms with Crippen molar-refractivity contribution in [2.24, 2.45) is 0 Å². The maximum Gasteiger partial charge on any atom is 0.160 e. The maximum absolute atomic E-state index is 5.43. The first kappa shape index (κ1) is 25.9. The molecule has 2 aromatic carbocycles. The third kappa shape index (κ3) is 7.94. The van der Waals surface area contributed by atoms with Crippen LogP contribution in [0.2, 0.25) is 0 Å². The Morgan fingerprint density at radius 3 is 1.53 bits per heavy atom. The van der Waals surface area contributed by atoms with Crippen molar-refractivity contribution in [2.45, 2.75) is 58.4 Å². The van der Waals surface area contributed by atoms with Gasteiger partial charge in [0, 0.05) is 6.04 Å². The summed E-state index contributed by atoms with van der Waals surface area (Å²) in [5.41, 5.74) is 2.60. The quantitative estimate of drug-likeness (QED) is 0.327. The molecular weight excluding hydrogens is 402 g/mol. The summed E-state index contributed by atoms with van der Waals surface area (Å²) in [7, 11) is 6.72. The van der Waals surface area contributed by atoms with Crippen LogP contribution in [0.5, 0.6) is 23.0 Å². The van der Waals surface area contributed by atoms with E-state index in [9.17, 15) is 0 Å². The van der Waals surface area contributed by atoms with Gasteiger partial charge in [-0.1, -0.05) is 18.6 Å². The molecule has 0 saturated carbocycles. The topological polar surface area (TPSA) is 40.2 Å². The molecule has 0 bridgehead atoms. The summed E-state index contributed by atoms with van der Waals surface area (Å²) < 4.78 is 21.5. The zero-order chi connectivity index (χ0) is 23.3. The van der Waals surface area contributed by atoms with Gasteiger partial charge in [-0.2, -0.15) is 0 Å². The number of unbranched alkanes of at least 4 members (excludes halogenated alkanes) is 2. The predicted molar refractivity (Wildman–Crippen MR) is 132 cm³/mol. The largest absolute Gasteiger partial charge is 0.493 e. The molecule has 0 aliphatic carbocycles. The van der Waals surface area contributed by atoms with Crippen LogP contribution in [-0.2, 0) is 12.8 Å². The van der Waals surface area contributed by atoms with Crippen LogP contribution in [0, 0.1) is 0 Å². The molecule has 0 aromatic heterocycles. The van der Waals surface area contributed by atoms with E-state index in [0.717, 1.165) is 55.4 Å². The summed E-state index contributed by atoms with van der Waals surface area (Å²) in [6.07, 6.45) is 6.89. The second kappa shape index (κ2) is 13.9. The molecule has 0 aliphatic heterocycles. The number of aryl methyl sites for hydroxylation is 2. The van der Waals surface area contributed by atoms with Crippen LogP contribution in [0.25, 0.3) is 0 Å². The molecule has 0 N–H and O–H groups in total. The second-order valence-electron chi connectivity index (χ2n) is 8.42. The fourth-order valence-electron chi connectivity index (χ4n) is 4.01. The molecule has 2 rings (SSSR count). The lowest BCUT2D eigenvalue weighted by molar-refractivity contribution is 0.214. The van der Waals surface area contributed by atoms with Crippen LogP contribution in [0.3, 0.4) is 0 Å². The van der Waals surface area contributed by atoms with Gasteiger partial charge in [-0.15, -0.1) is 0 Å². The third-order valence-corrected chi connectivity index (χ3v) is 5.95. The number of hydrogen-bond acceptors (Lipinski definition) is 5. The van der Waals surface area contributed by atoms with Gasteiger partial charge in [0.1, 0.15) is 0 Å². The Balaban J connectivity index is 1.72. The fraction of sp³-hybridized carbons (Fsp3) is 0.556. The fourth-order valence-corrected chi connectivity index (χ4v) is 4.01. The van der Waals surface area contributed by atoms with E-state index in [0.29, 0.717) is 6.04 Å². The van der Waals surface area contributed by atoms with E-state index in [2.05, 4.69) is 43.0 Å². The van der Waals surface area contributed by atoms with E-state index < -0.39 is 0 Å². The van der Waals surface area contributed by atoms with Crippen LogP contribution in [0.15, 0.2) is 36.4 Å². The number of rotatable bonds is 15. The van der Waals surface area contributed by atoms with Gasteiger partial charge < -0.3 is 23.8 Å². The van der Waals surface area contributed by atoms with Gasteiger partial charge in [-0.3, -0.25) is 0 Å². The second-order valence-corrected chi connectivity index (χ2v) is 8.42. The summed E-state index contributed by atoms with van der Waals surface area (Å²) in [6.45, 7) is 6.84. The standard InChI is InChI=1S/C27H41NO4/c1-21(2)28(18-10-12-23-14-16-25(30-4)27(20-23)32-6)17-9-7-8-11-22-13-15-24(29-3)26(19-22)31-5/h13-16,19-21H,7-12,17-18H2,1-6H3. The van der Waals surface area contributed by atoms with Crippen LogP contribution in [0.4, 0.5) is 0 Å². The van der Waals surface area contributed by atoms with Crippen molar-refractivity contribution in [3.05, 3.63) is 47.5 Å². The average Bonchev–Trinajstić information content (AvgIpc) is 2.82. The number of methoxy groups -OCH3 is 4. The van der Waals surface area contributed by atoms with Crippen LogP contribution in [-0.4, -0.2) is 52.5 Å². The molecule has 0 aliphatic rings. The summed E-state index contributed by atoms with van der Waals surface area (Å²) >= 11 is 0. The molecule has 0 spiro atoms. The Bertz CT molecular complexity index is 806. The molecule has 0 amide bonds. The summed E-state index contributed by atoms with van der Waals surface area (Å²) in [5, 5.41) is 0. The molecule has 32 heavy (non-hydrogen) atoms. The minimum absolute atomic E-state index is 0.561. The molecule has 5 nitrogen and oxygen atoms in total. The number of hydrogen-bond donors (Lipinski definition) is 0. The molecule has 178 valence electrons. The minimum Gasteiger partial charge on any atom is -0.493 e. The molecule has 0 heterocycles. The summed E-state index contributed by atoms with van der Waals surface area (Å²) in [4.78, 5) is 2.59. The predicted octanol–water partition coefficient (Wildman–Crippen LogP) is 5.78. The Hall–Kier alpha value is -2.40. The van der Waals surface area contributed by atoms with E-state index in [1.165, 1.54) is 30.4 Å². The zero-order valence-electron chi connectivity index (χ0n) is 20.8. The maximum atomic E-state index is 5.43. The molecule has 0 saturated heterocycles. The van der Waals surface area contributed by atoms with Crippen LogP contribution < -0.4 is 18.9 Å². The van der Waals surface area contributed by atoms with Crippen LogP contribution in [0.1, 0.15) is 50.7 Å². The lowest BCUT2D eigenvalue weighted by atomic mass is 10.1. The number of nitrogens with zero attached hydrogens (tertiary/aromatic N) is 1. The van der Waals surface area contributed by atoms with E-state index in [1.54, 1.807) is 28.4 Å². The SMILES string of the molecule is COc1ccc(CCCCCN(CCCc2ccc(OC)c(OC)c2)C(C)C)cc1OC. The van der Waals surface area contributed by atoms with E-state index in [4.69, 9.17) is 18.9 Å². The van der Waals surface area contributed by atoms with Gasteiger partial charge in [0.15, 0.2) is 23.0 Å². The first-order valence-electron chi connectivity index (χ1n) is 11.7. The van der Waals surface area contributed by atoms with Crippen molar-refractivity contribution in [2.75, 3.05) is 41.5 Å². The van der Waals surface area contributed by atoms with E-state index in [-0.39, 0.29) is 0 Å². The normalized spacial score (nSPS) is 11.1. The van der Waals surface area contributed by atoms with Crippen molar-refractivity contribution in [3.63, 3.8) is 0 Å². The van der Waals surface area contributed by atoms with Crippen molar-refractivity contribution >= 4 is 0 Å². The number of ether oxygens (including phenoxy) is 4. The lowest BCUT2D eigenvalue weighted by Gasteiger charge is -2.26. The van der Waals surface area contributed by atoms with Gasteiger partial charge in [-0.05, 0) is 94.4 Å². The Morgan fingerprint density at radius 1 is 0.594 bits per heavy atom. The van der Waals surface area contributed by atoms with Gasteiger partial charge in [-0.25, -0.2) is 0 Å². The molecule has 0 radical (unpaired) electrons. The third-order valence-electron chi connectivity index (χ3n) is 5.95.